The number of nitrogens with two attached hydrogens (primary N) is 1. The molecule has 5 heteroatoms. The molecule has 110 valence electrons. The molecule has 3 aromatic rings. The number of nitrogens with one attached hydrogen (secondary N) is 1. The Hall–Kier alpha value is -1.55. The van der Waals surface area contributed by atoms with Gasteiger partial charge in [0, 0.05) is 22.2 Å². The molecule has 21 heavy (non-hydrogen) atoms. The Kier molecular flexibility index (Phi) is 4.88. The summed E-state index contributed by atoms with van der Waals surface area (Å²) in [6.07, 6.45) is 0.496. The average molecular weight is 325 g/mol. The third-order valence-corrected chi connectivity index (χ3v) is 3.68. The highest BCUT2D eigenvalue weighted by Crippen LogP contribution is 2.32. The number of aromatic nitrogens is 1. The molecule has 0 spiro atoms. The van der Waals surface area contributed by atoms with Crippen LogP contribution in [0.4, 0.5) is 4.39 Å². The van der Waals surface area contributed by atoms with E-state index in [2.05, 4.69) is 4.98 Å². The number of benzene rings is 2. The summed E-state index contributed by atoms with van der Waals surface area (Å²) in [6.45, 7) is 0.407. The number of hydrogen-bond donors (Lipinski definition) is 2. The normalized spacial score (nSPS) is 10.6. The fourth-order valence-corrected chi connectivity index (χ4v) is 2.62. The van der Waals surface area contributed by atoms with Crippen LogP contribution in [-0.4, -0.2) is 11.5 Å². The van der Waals surface area contributed by atoms with Crippen LogP contribution in [0.1, 0.15) is 5.56 Å². The molecule has 0 aliphatic rings. The molecule has 2 aromatic carbocycles. The molecule has 0 bridgehead atoms. The Labute approximate surface area is 133 Å². The van der Waals surface area contributed by atoms with Crippen molar-refractivity contribution in [3.63, 3.8) is 0 Å². The Morgan fingerprint density at radius 3 is 2.62 bits per heavy atom. The maximum atomic E-state index is 13.8. The number of rotatable bonds is 3. The molecule has 0 fully saturated rings. The van der Waals surface area contributed by atoms with Gasteiger partial charge in [-0.25, -0.2) is 4.39 Å². The molecule has 0 aliphatic carbocycles. The molecule has 0 aliphatic heterocycles. The predicted molar refractivity (Wildman–Crippen MR) is 88.7 cm³/mol. The molecule has 2 nitrogen and oxygen atoms in total. The zero-order valence-corrected chi connectivity index (χ0v) is 12.8. The second kappa shape index (κ2) is 6.48. The molecular weight excluding hydrogens is 310 g/mol. The van der Waals surface area contributed by atoms with Crippen molar-refractivity contribution >= 4 is 34.9 Å². The highest BCUT2D eigenvalue weighted by atomic mass is 35.5. The molecular formula is C16H15Cl2FN2. The van der Waals surface area contributed by atoms with E-state index >= 15 is 0 Å². The van der Waals surface area contributed by atoms with Crippen LogP contribution < -0.4 is 5.73 Å². The summed E-state index contributed by atoms with van der Waals surface area (Å²) in [4.78, 5) is 3.30. The van der Waals surface area contributed by atoms with Gasteiger partial charge >= 0.3 is 0 Å². The van der Waals surface area contributed by atoms with Crippen molar-refractivity contribution in [1.82, 2.24) is 4.98 Å². The lowest BCUT2D eigenvalue weighted by atomic mass is 10.0. The Bertz CT molecular complexity index is 735. The Morgan fingerprint density at radius 1 is 1.14 bits per heavy atom. The molecule has 0 amide bonds. The monoisotopic (exact) mass is 324 g/mol. The van der Waals surface area contributed by atoms with E-state index in [1.807, 2.05) is 30.3 Å². The minimum Gasteiger partial charge on any atom is -0.354 e. The van der Waals surface area contributed by atoms with Gasteiger partial charge in [-0.3, -0.25) is 0 Å². The average Bonchev–Trinajstić information content (AvgIpc) is 2.85. The lowest BCUT2D eigenvalue weighted by Gasteiger charge is -2.07. The first-order valence-electron chi connectivity index (χ1n) is 6.45. The van der Waals surface area contributed by atoms with Crippen LogP contribution in [0.5, 0.6) is 0 Å². The van der Waals surface area contributed by atoms with Crippen LogP contribution in [0, 0.1) is 5.82 Å². The highest BCUT2D eigenvalue weighted by Gasteiger charge is 2.12. The van der Waals surface area contributed by atoms with Gasteiger partial charge in [-0.05, 0) is 42.8 Å². The summed E-state index contributed by atoms with van der Waals surface area (Å²) in [7, 11) is 0. The van der Waals surface area contributed by atoms with E-state index in [-0.39, 0.29) is 18.2 Å². The Balaban J connectivity index is 0.00000161. The lowest BCUT2D eigenvalue weighted by Crippen LogP contribution is -2.04. The van der Waals surface area contributed by atoms with Gasteiger partial charge in [0.1, 0.15) is 5.82 Å². The van der Waals surface area contributed by atoms with Crippen molar-refractivity contribution in [3.05, 3.63) is 58.9 Å². The van der Waals surface area contributed by atoms with E-state index in [9.17, 15) is 4.39 Å². The fourth-order valence-electron chi connectivity index (χ4n) is 2.37. The van der Waals surface area contributed by atoms with Crippen LogP contribution in [0.15, 0.2) is 42.5 Å². The van der Waals surface area contributed by atoms with Gasteiger partial charge in [0.15, 0.2) is 0 Å². The van der Waals surface area contributed by atoms with Crippen LogP contribution in [0.2, 0.25) is 5.02 Å². The molecule has 1 heterocycles. The zero-order chi connectivity index (χ0) is 14.1. The highest BCUT2D eigenvalue weighted by molar-refractivity contribution is 6.33. The molecule has 3 N–H and O–H groups in total. The Morgan fingerprint density at radius 2 is 1.90 bits per heavy atom. The zero-order valence-electron chi connectivity index (χ0n) is 11.2. The van der Waals surface area contributed by atoms with Crippen molar-refractivity contribution in [2.24, 2.45) is 5.73 Å². The van der Waals surface area contributed by atoms with E-state index in [1.54, 1.807) is 6.07 Å². The molecule has 0 saturated heterocycles. The van der Waals surface area contributed by atoms with Gasteiger partial charge in [0.05, 0.1) is 5.02 Å². The van der Waals surface area contributed by atoms with Crippen molar-refractivity contribution < 1.29 is 4.39 Å². The van der Waals surface area contributed by atoms with Gasteiger partial charge in [-0.1, -0.05) is 29.8 Å². The number of halogens is 3. The maximum absolute atomic E-state index is 13.8. The SMILES string of the molecule is Cl.NCCc1cc(-c2cc3ccccc3[nH]2)c(Cl)cc1F. The first-order valence-corrected chi connectivity index (χ1v) is 6.83. The van der Waals surface area contributed by atoms with E-state index in [4.69, 9.17) is 17.3 Å². The smallest absolute Gasteiger partial charge is 0.127 e. The topological polar surface area (TPSA) is 41.8 Å². The minimum atomic E-state index is -0.305. The van der Waals surface area contributed by atoms with Gasteiger partial charge in [-0.15, -0.1) is 12.4 Å². The van der Waals surface area contributed by atoms with Crippen LogP contribution in [-0.2, 0) is 6.42 Å². The lowest BCUT2D eigenvalue weighted by molar-refractivity contribution is 0.610. The molecule has 0 saturated carbocycles. The maximum Gasteiger partial charge on any atom is 0.127 e. The van der Waals surface area contributed by atoms with Gasteiger partial charge in [0.2, 0.25) is 0 Å². The summed E-state index contributed by atoms with van der Waals surface area (Å²) in [6, 6.07) is 13.1. The first-order chi connectivity index (χ1) is 9.69. The minimum absolute atomic E-state index is 0. The summed E-state index contributed by atoms with van der Waals surface area (Å²) < 4.78 is 13.8. The number of hydrogen-bond acceptors (Lipinski definition) is 1. The summed E-state index contributed by atoms with van der Waals surface area (Å²) in [5.41, 5.74) is 8.81. The van der Waals surface area contributed by atoms with Crippen molar-refractivity contribution in [3.8, 4) is 11.3 Å². The van der Waals surface area contributed by atoms with Crippen LogP contribution >= 0.6 is 24.0 Å². The van der Waals surface area contributed by atoms with E-state index in [0.29, 0.717) is 23.6 Å². The second-order valence-corrected chi connectivity index (χ2v) is 5.14. The van der Waals surface area contributed by atoms with Crippen LogP contribution in [0.3, 0.4) is 0 Å². The molecule has 3 rings (SSSR count). The predicted octanol–water partition coefficient (Wildman–Crippen LogP) is 4.55. The van der Waals surface area contributed by atoms with E-state index in [1.165, 1.54) is 6.07 Å². The van der Waals surface area contributed by atoms with Crippen molar-refractivity contribution in [2.75, 3.05) is 6.54 Å². The van der Waals surface area contributed by atoms with Gasteiger partial charge < -0.3 is 10.7 Å². The number of H-pyrrole nitrogens is 1. The number of aromatic amines is 1. The number of fused-ring (bicyclic) bond motifs is 1. The van der Waals surface area contributed by atoms with Crippen molar-refractivity contribution in [2.45, 2.75) is 6.42 Å². The van der Waals surface area contributed by atoms with Crippen molar-refractivity contribution in [1.29, 1.82) is 0 Å². The van der Waals surface area contributed by atoms with E-state index in [0.717, 1.165) is 22.2 Å². The van der Waals surface area contributed by atoms with E-state index < -0.39 is 0 Å². The second-order valence-electron chi connectivity index (χ2n) is 4.73. The largest absolute Gasteiger partial charge is 0.354 e. The summed E-state index contributed by atoms with van der Waals surface area (Å²) in [5, 5.41) is 1.50. The molecule has 0 radical (unpaired) electrons. The molecule has 0 unspecified atom stereocenters. The fraction of sp³-hybridized carbons (Fsp3) is 0.125. The number of para-hydroxylation sites is 1. The quantitative estimate of drug-likeness (QED) is 0.729. The molecule has 1 aromatic heterocycles. The molecule has 0 atom stereocenters. The first kappa shape index (κ1) is 15.8. The van der Waals surface area contributed by atoms with Gasteiger partial charge in [-0.2, -0.15) is 0 Å². The van der Waals surface area contributed by atoms with Crippen LogP contribution in [0.25, 0.3) is 22.2 Å². The third-order valence-electron chi connectivity index (χ3n) is 3.37. The summed E-state index contributed by atoms with van der Waals surface area (Å²) in [5.74, 6) is -0.305. The summed E-state index contributed by atoms with van der Waals surface area (Å²) >= 11 is 6.17. The van der Waals surface area contributed by atoms with Gasteiger partial charge in [0.25, 0.3) is 0 Å². The standard InChI is InChI=1S/C16H14ClFN2.ClH/c17-13-9-14(18)10(5-6-19)7-12(13)16-8-11-3-1-2-4-15(11)20-16;/h1-4,7-9,20H,5-6,19H2;1H. The third kappa shape index (κ3) is 3.05.